The normalized spacial score (nSPS) is 11.1. The van der Waals surface area contributed by atoms with Gasteiger partial charge in [0.25, 0.3) is 5.91 Å². The largest absolute Gasteiger partial charge is 0.334 e. The average molecular weight is 193 g/mol. The lowest BCUT2D eigenvalue weighted by molar-refractivity contribution is 0.0643. The minimum Gasteiger partial charge on any atom is -0.334 e. The van der Waals surface area contributed by atoms with Crippen LogP contribution in [0.4, 0.5) is 0 Å². The van der Waals surface area contributed by atoms with Gasteiger partial charge in [0.1, 0.15) is 0 Å². The van der Waals surface area contributed by atoms with Crippen LogP contribution in [-0.2, 0) is 0 Å². The molecule has 0 aliphatic heterocycles. The lowest BCUT2D eigenvalue weighted by Crippen LogP contribution is -2.43. The van der Waals surface area contributed by atoms with E-state index in [0.29, 0.717) is 0 Å². The summed E-state index contributed by atoms with van der Waals surface area (Å²) >= 11 is 0. The van der Waals surface area contributed by atoms with Crippen molar-refractivity contribution in [3.05, 3.63) is 24.3 Å². The van der Waals surface area contributed by atoms with Gasteiger partial charge in [-0.1, -0.05) is 0 Å². The monoisotopic (exact) mass is 193 g/mol. The zero-order chi connectivity index (χ0) is 10.8. The molecule has 0 fully saturated rings. The molecule has 1 amide bonds. The topological polar surface area (TPSA) is 46.1 Å². The van der Waals surface area contributed by atoms with Crippen molar-refractivity contribution in [1.29, 1.82) is 0 Å². The van der Waals surface area contributed by atoms with Crippen LogP contribution in [0.1, 0.15) is 31.4 Å². The Balaban J connectivity index is 2.87. The molecule has 0 aliphatic rings. The third-order valence-corrected chi connectivity index (χ3v) is 2.07. The molecule has 0 saturated carbocycles. The molecule has 4 nitrogen and oxygen atoms in total. The highest BCUT2D eigenvalue weighted by Gasteiger charge is 2.24. The van der Waals surface area contributed by atoms with Crippen LogP contribution in [0.25, 0.3) is 0 Å². The van der Waals surface area contributed by atoms with E-state index in [1.807, 2.05) is 20.8 Å². The Morgan fingerprint density at radius 3 is 2.21 bits per heavy atom. The number of amides is 1. The van der Waals surface area contributed by atoms with Crippen molar-refractivity contribution in [3.8, 4) is 0 Å². The molecule has 0 atom stereocenters. The number of hydrogen-bond acceptors (Lipinski definition) is 3. The summed E-state index contributed by atoms with van der Waals surface area (Å²) in [6, 6.07) is 1.69. The Morgan fingerprint density at radius 2 is 1.79 bits per heavy atom. The molecular weight excluding hydrogens is 178 g/mol. The van der Waals surface area contributed by atoms with Gasteiger partial charge in [-0.15, -0.1) is 0 Å². The van der Waals surface area contributed by atoms with Gasteiger partial charge in [0.05, 0.1) is 0 Å². The van der Waals surface area contributed by atoms with Gasteiger partial charge in [0.15, 0.2) is 0 Å². The lowest BCUT2D eigenvalue weighted by Gasteiger charge is -2.31. The Kier molecular flexibility index (Phi) is 2.84. The minimum absolute atomic E-state index is 0.155. The van der Waals surface area contributed by atoms with Crippen LogP contribution in [0.2, 0.25) is 0 Å². The zero-order valence-corrected chi connectivity index (χ0v) is 8.98. The predicted molar refractivity (Wildman–Crippen MR) is 53.9 cm³/mol. The van der Waals surface area contributed by atoms with Crippen LogP contribution in [0.15, 0.2) is 18.5 Å². The molecule has 0 unspecified atom stereocenters. The molecule has 1 heterocycles. The summed E-state index contributed by atoms with van der Waals surface area (Å²) in [4.78, 5) is 21.2. The van der Waals surface area contributed by atoms with Crippen molar-refractivity contribution in [2.24, 2.45) is 0 Å². The van der Waals surface area contributed by atoms with Crippen molar-refractivity contribution in [1.82, 2.24) is 14.9 Å². The highest BCUT2D eigenvalue weighted by Crippen LogP contribution is 2.12. The van der Waals surface area contributed by atoms with Crippen molar-refractivity contribution in [3.63, 3.8) is 0 Å². The SMILES string of the molecule is CN(C(=O)c1ncccn1)C(C)(C)C. The van der Waals surface area contributed by atoms with Gasteiger partial charge < -0.3 is 4.90 Å². The third-order valence-electron chi connectivity index (χ3n) is 2.07. The van der Waals surface area contributed by atoms with Gasteiger partial charge in [-0.05, 0) is 26.8 Å². The highest BCUT2D eigenvalue weighted by atomic mass is 16.2. The fraction of sp³-hybridized carbons (Fsp3) is 0.500. The molecule has 14 heavy (non-hydrogen) atoms. The molecule has 76 valence electrons. The van der Waals surface area contributed by atoms with Gasteiger partial charge in [0.2, 0.25) is 5.82 Å². The van der Waals surface area contributed by atoms with E-state index in [9.17, 15) is 4.79 Å². The molecular formula is C10H15N3O. The molecule has 1 aromatic heterocycles. The van der Waals surface area contributed by atoms with Crippen LogP contribution in [0, 0.1) is 0 Å². The molecule has 1 aromatic rings. The quantitative estimate of drug-likeness (QED) is 0.676. The Hall–Kier alpha value is -1.45. The Morgan fingerprint density at radius 1 is 1.29 bits per heavy atom. The van der Waals surface area contributed by atoms with Gasteiger partial charge in [-0.2, -0.15) is 0 Å². The van der Waals surface area contributed by atoms with E-state index in [1.54, 1.807) is 30.4 Å². The maximum Gasteiger partial charge on any atom is 0.291 e. The summed E-state index contributed by atoms with van der Waals surface area (Å²) in [5, 5.41) is 0. The molecule has 0 bridgehead atoms. The number of rotatable bonds is 1. The van der Waals surface area contributed by atoms with Crippen LogP contribution in [0.3, 0.4) is 0 Å². The zero-order valence-electron chi connectivity index (χ0n) is 8.98. The van der Waals surface area contributed by atoms with Gasteiger partial charge in [-0.25, -0.2) is 9.97 Å². The number of hydrogen-bond donors (Lipinski definition) is 0. The van der Waals surface area contributed by atoms with Crippen LogP contribution in [-0.4, -0.2) is 33.4 Å². The van der Waals surface area contributed by atoms with Gasteiger partial charge in [-0.3, -0.25) is 4.79 Å². The standard InChI is InChI=1S/C10H15N3O/c1-10(2,3)13(4)9(14)8-11-6-5-7-12-8/h5-7H,1-4H3. The summed E-state index contributed by atoms with van der Waals surface area (Å²) in [6.07, 6.45) is 3.13. The maximum absolute atomic E-state index is 11.8. The summed E-state index contributed by atoms with van der Waals surface area (Å²) < 4.78 is 0. The molecule has 0 spiro atoms. The van der Waals surface area contributed by atoms with E-state index in [0.717, 1.165) is 0 Å². The molecule has 0 aromatic carbocycles. The first-order valence-electron chi connectivity index (χ1n) is 4.48. The molecule has 0 saturated heterocycles. The van der Waals surface area contributed by atoms with E-state index < -0.39 is 0 Å². The Bertz CT molecular complexity index is 316. The Labute approximate surface area is 84.0 Å². The minimum atomic E-state index is -0.212. The smallest absolute Gasteiger partial charge is 0.291 e. The first-order chi connectivity index (χ1) is 6.43. The predicted octanol–water partition coefficient (Wildman–Crippen LogP) is 1.35. The highest BCUT2D eigenvalue weighted by molar-refractivity contribution is 5.90. The van der Waals surface area contributed by atoms with Crippen LogP contribution in [0.5, 0.6) is 0 Å². The third kappa shape index (κ3) is 2.28. The number of aromatic nitrogens is 2. The maximum atomic E-state index is 11.8. The van der Waals surface area contributed by atoms with E-state index in [4.69, 9.17) is 0 Å². The van der Waals surface area contributed by atoms with Crippen molar-refractivity contribution < 1.29 is 4.79 Å². The average Bonchev–Trinajstić information content (AvgIpc) is 2.15. The molecule has 0 radical (unpaired) electrons. The fourth-order valence-corrected chi connectivity index (χ4v) is 0.864. The van der Waals surface area contributed by atoms with E-state index >= 15 is 0 Å². The summed E-state index contributed by atoms with van der Waals surface area (Å²) in [7, 11) is 1.75. The van der Waals surface area contributed by atoms with Crippen LogP contribution >= 0.6 is 0 Å². The number of carbonyl (C=O) groups excluding carboxylic acids is 1. The second-order valence-electron chi connectivity index (χ2n) is 4.11. The summed E-state index contributed by atoms with van der Waals surface area (Å²) in [5.74, 6) is 0.0861. The molecule has 0 aliphatic carbocycles. The van der Waals surface area contributed by atoms with Gasteiger partial charge in [0, 0.05) is 25.0 Å². The molecule has 1 rings (SSSR count). The van der Waals surface area contributed by atoms with E-state index in [2.05, 4.69) is 9.97 Å². The summed E-state index contributed by atoms with van der Waals surface area (Å²) in [5.41, 5.74) is -0.212. The van der Waals surface area contributed by atoms with E-state index in [-0.39, 0.29) is 17.3 Å². The van der Waals surface area contributed by atoms with Crippen molar-refractivity contribution in [2.45, 2.75) is 26.3 Å². The fourth-order valence-electron chi connectivity index (χ4n) is 0.864. The number of nitrogens with zero attached hydrogens (tertiary/aromatic N) is 3. The molecule has 0 N–H and O–H groups in total. The lowest BCUT2D eigenvalue weighted by atomic mass is 10.1. The second-order valence-corrected chi connectivity index (χ2v) is 4.11. The van der Waals surface area contributed by atoms with Crippen molar-refractivity contribution in [2.75, 3.05) is 7.05 Å². The number of carbonyl (C=O) groups is 1. The second kappa shape index (κ2) is 3.74. The van der Waals surface area contributed by atoms with Crippen molar-refractivity contribution >= 4 is 5.91 Å². The first-order valence-corrected chi connectivity index (χ1v) is 4.48. The van der Waals surface area contributed by atoms with Crippen LogP contribution < -0.4 is 0 Å². The summed E-state index contributed by atoms with van der Waals surface area (Å²) in [6.45, 7) is 5.90. The molecule has 4 heteroatoms. The van der Waals surface area contributed by atoms with Gasteiger partial charge >= 0.3 is 0 Å². The van der Waals surface area contributed by atoms with E-state index in [1.165, 1.54) is 0 Å². The first kappa shape index (κ1) is 10.6.